The summed E-state index contributed by atoms with van der Waals surface area (Å²) in [7, 11) is 0. The normalized spacial score (nSPS) is 17.0. The number of amides is 2. The molecule has 2 aromatic rings. The van der Waals surface area contributed by atoms with E-state index in [0.29, 0.717) is 37.6 Å². The molecule has 0 bridgehead atoms. The van der Waals surface area contributed by atoms with Crippen molar-refractivity contribution < 1.29 is 19.1 Å². The average molecular weight is 408 g/mol. The number of carbonyl (C=O) groups is 2. The molecule has 1 atom stereocenters. The summed E-state index contributed by atoms with van der Waals surface area (Å²) < 4.78 is 11.4. The second-order valence-electron chi connectivity index (χ2n) is 7.80. The first-order valence-electron chi connectivity index (χ1n) is 10.7. The highest BCUT2D eigenvalue weighted by molar-refractivity contribution is 6.04. The lowest BCUT2D eigenvalue weighted by Crippen LogP contribution is -2.41. The number of anilines is 1. The van der Waals surface area contributed by atoms with Crippen LogP contribution in [0.25, 0.3) is 0 Å². The fourth-order valence-corrected chi connectivity index (χ4v) is 4.05. The van der Waals surface area contributed by atoms with Gasteiger partial charge in [-0.15, -0.1) is 0 Å². The van der Waals surface area contributed by atoms with Gasteiger partial charge in [-0.05, 0) is 61.9 Å². The Morgan fingerprint density at radius 1 is 1.03 bits per heavy atom. The van der Waals surface area contributed by atoms with Gasteiger partial charge >= 0.3 is 0 Å². The number of aryl methyl sites for hydroxylation is 1. The number of fused-ring (bicyclic) bond motifs is 1. The van der Waals surface area contributed by atoms with Crippen molar-refractivity contribution in [2.45, 2.75) is 38.7 Å². The minimum absolute atomic E-state index is 0.0973. The van der Waals surface area contributed by atoms with Crippen molar-refractivity contribution in [3.8, 4) is 5.75 Å². The molecule has 158 valence electrons. The third-order valence-electron chi connectivity index (χ3n) is 5.74. The van der Waals surface area contributed by atoms with Crippen molar-refractivity contribution in [1.82, 2.24) is 4.90 Å². The van der Waals surface area contributed by atoms with Crippen molar-refractivity contribution in [1.29, 1.82) is 0 Å². The molecular weight excluding hydrogens is 380 g/mol. The molecule has 30 heavy (non-hydrogen) atoms. The van der Waals surface area contributed by atoms with Crippen molar-refractivity contribution in [2.75, 3.05) is 31.6 Å². The lowest BCUT2D eigenvalue weighted by molar-refractivity contribution is -0.122. The van der Waals surface area contributed by atoms with Gasteiger partial charge in [0.1, 0.15) is 5.75 Å². The van der Waals surface area contributed by atoms with Crippen LogP contribution in [-0.4, -0.2) is 49.1 Å². The van der Waals surface area contributed by atoms with E-state index in [2.05, 4.69) is 11.4 Å². The van der Waals surface area contributed by atoms with Crippen LogP contribution in [0.5, 0.6) is 5.75 Å². The van der Waals surface area contributed by atoms with Gasteiger partial charge in [-0.25, -0.2) is 0 Å². The molecule has 1 unspecified atom stereocenters. The summed E-state index contributed by atoms with van der Waals surface area (Å²) in [6.07, 6.45) is 3.71. The molecule has 1 heterocycles. The number of morpholine rings is 1. The molecule has 1 aliphatic carbocycles. The highest BCUT2D eigenvalue weighted by atomic mass is 16.5. The van der Waals surface area contributed by atoms with Crippen molar-refractivity contribution in [2.24, 2.45) is 0 Å². The van der Waals surface area contributed by atoms with E-state index in [-0.39, 0.29) is 11.8 Å². The monoisotopic (exact) mass is 408 g/mol. The second kappa shape index (κ2) is 9.30. The van der Waals surface area contributed by atoms with Gasteiger partial charge in [0, 0.05) is 13.1 Å². The maximum absolute atomic E-state index is 12.9. The number of ether oxygens (including phenoxy) is 2. The number of hydrogen-bond acceptors (Lipinski definition) is 4. The van der Waals surface area contributed by atoms with Crippen molar-refractivity contribution in [3.05, 3.63) is 59.2 Å². The molecule has 6 heteroatoms. The van der Waals surface area contributed by atoms with Gasteiger partial charge in [0.25, 0.3) is 11.8 Å². The predicted octanol–water partition coefficient (Wildman–Crippen LogP) is 3.44. The lowest BCUT2D eigenvalue weighted by Gasteiger charge is -2.27. The largest absolute Gasteiger partial charge is 0.481 e. The molecule has 1 saturated heterocycles. The number of nitrogens with one attached hydrogen (secondary N) is 1. The number of para-hydroxylation sites is 1. The highest BCUT2D eigenvalue weighted by Gasteiger charge is 2.24. The highest BCUT2D eigenvalue weighted by Crippen LogP contribution is 2.30. The lowest BCUT2D eigenvalue weighted by atomic mass is 9.91. The molecule has 0 radical (unpaired) electrons. The van der Waals surface area contributed by atoms with Crippen LogP contribution in [-0.2, 0) is 22.4 Å². The van der Waals surface area contributed by atoms with Gasteiger partial charge in [0.15, 0.2) is 6.10 Å². The molecule has 0 aromatic heterocycles. The minimum atomic E-state index is -0.676. The topological polar surface area (TPSA) is 67.9 Å². The summed E-state index contributed by atoms with van der Waals surface area (Å²) in [5.74, 6) is 0.415. The first kappa shape index (κ1) is 20.4. The van der Waals surface area contributed by atoms with Crippen LogP contribution in [0.1, 0.15) is 41.3 Å². The first-order chi connectivity index (χ1) is 14.6. The maximum atomic E-state index is 12.9. The second-order valence-corrected chi connectivity index (χ2v) is 7.80. The number of carbonyl (C=O) groups excluding carboxylic acids is 2. The van der Waals surface area contributed by atoms with E-state index in [1.165, 1.54) is 17.5 Å². The van der Waals surface area contributed by atoms with Crippen LogP contribution in [0.2, 0.25) is 0 Å². The molecule has 1 N–H and O–H groups in total. The maximum Gasteiger partial charge on any atom is 0.265 e. The van der Waals surface area contributed by atoms with E-state index in [1.54, 1.807) is 30.0 Å². The van der Waals surface area contributed by atoms with E-state index in [9.17, 15) is 9.59 Å². The van der Waals surface area contributed by atoms with Crippen LogP contribution in [0.3, 0.4) is 0 Å². The van der Waals surface area contributed by atoms with Crippen LogP contribution in [0.4, 0.5) is 5.69 Å². The van der Waals surface area contributed by atoms with E-state index in [4.69, 9.17) is 9.47 Å². The fourth-order valence-electron chi connectivity index (χ4n) is 4.05. The average Bonchev–Trinajstić information content (AvgIpc) is 2.80. The van der Waals surface area contributed by atoms with E-state index >= 15 is 0 Å². The Bertz CT molecular complexity index is 921. The zero-order chi connectivity index (χ0) is 20.9. The smallest absolute Gasteiger partial charge is 0.265 e. The van der Waals surface area contributed by atoms with E-state index in [1.807, 2.05) is 18.2 Å². The molecular formula is C24H28N2O4. The molecule has 1 fully saturated rings. The number of benzene rings is 2. The molecule has 1 aliphatic heterocycles. The van der Waals surface area contributed by atoms with Gasteiger partial charge in [-0.1, -0.05) is 24.3 Å². The van der Waals surface area contributed by atoms with Crippen LogP contribution >= 0.6 is 0 Å². The zero-order valence-electron chi connectivity index (χ0n) is 17.4. The summed E-state index contributed by atoms with van der Waals surface area (Å²) in [5, 5.41) is 2.89. The van der Waals surface area contributed by atoms with Gasteiger partial charge in [0.05, 0.1) is 24.5 Å². The van der Waals surface area contributed by atoms with E-state index < -0.39 is 6.10 Å². The SMILES string of the molecule is CC(Oc1cccc2c1CCCC2)C(=O)Nc1ccccc1C(=O)N1CCOCC1. The zero-order valence-corrected chi connectivity index (χ0v) is 17.4. The number of rotatable bonds is 5. The third-order valence-corrected chi connectivity index (χ3v) is 5.74. The first-order valence-corrected chi connectivity index (χ1v) is 10.7. The summed E-state index contributed by atoms with van der Waals surface area (Å²) in [6, 6.07) is 13.2. The van der Waals surface area contributed by atoms with Crippen LogP contribution in [0.15, 0.2) is 42.5 Å². The summed E-state index contributed by atoms with van der Waals surface area (Å²) >= 11 is 0. The Hall–Kier alpha value is -2.86. The Labute approximate surface area is 177 Å². The number of hydrogen-bond donors (Lipinski definition) is 1. The van der Waals surface area contributed by atoms with Gasteiger partial charge in [-0.3, -0.25) is 9.59 Å². The van der Waals surface area contributed by atoms with Crippen molar-refractivity contribution >= 4 is 17.5 Å². The molecule has 2 aliphatic rings. The Morgan fingerprint density at radius 2 is 1.80 bits per heavy atom. The van der Waals surface area contributed by atoms with E-state index in [0.717, 1.165) is 25.0 Å². The quantitative estimate of drug-likeness (QED) is 0.823. The Morgan fingerprint density at radius 3 is 2.63 bits per heavy atom. The van der Waals surface area contributed by atoms with Gasteiger partial charge in [0.2, 0.25) is 0 Å². The summed E-state index contributed by atoms with van der Waals surface area (Å²) in [6.45, 7) is 3.92. The molecule has 2 aromatic carbocycles. The minimum Gasteiger partial charge on any atom is -0.481 e. The predicted molar refractivity (Wildman–Crippen MR) is 115 cm³/mol. The molecule has 4 rings (SSSR count). The van der Waals surface area contributed by atoms with Crippen LogP contribution in [0, 0.1) is 0 Å². The van der Waals surface area contributed by atoms with Gasteiger partial charge < -0.3 is 19.7 Å². The molecule has 6 nitrogen and oxygen atoms in total. The summed E-state index contributed by atoms with van der Waals surface area (Å²) in [5.41, 5.74) is 3.51. The molecule has 0 saturated carbocycles. The third kappa shape index (κ3) is 4.49. The fraction of sp³-hybridized carbons (Fsp3) is 0.417. The molecule has 2 amide bonds. The van der Waals surface area contributed by atoms with Crippen LogP contribution < -0.4 is 10.1 Å². The standard InChI is InChI=1S/C24H28N2O4/c1-17(30-22-12-6-8-18-7-2-3-9-19(18)22)23(27)25-21-11-5-4-10-20(21)24(28)26-13-15-29-16-14-26/h4-6,8,10-12,17H,2-3,7,9,13-16H2,1H3,(H,25,27). The van der Waals surface area contributed by atoms with Crippen molar-refractivity contribution in [3.63, 3.8) is 0 Å². The number of nitrogens with zero attached hydrogens (tertiary/aromatic N) is 1. The summed E-state index contributed by atoms with van der Waals surface area (Å²) in [4.78, 5) is 27.5. The Balaban J connectivity index is 1.46. The Kier molecular flexibility index (Phi) is 6.33. The molecule has 0 spiro atoms. The van der Waals surface area contributed by atoms with Gasteiger partial charge in [-0.2, -0.15) is 0 Å².